The number of unbranched alkanes of at least 4 members (excludes halogenated alkanes) is 1. The molecule has 1 aliphatic rings. The zero-order chi connectivity index (χ0) is 20.9. The molecule has 11 heteroatoms. The third-order valence-corrected chi connectivity index (χ3v) is 4.78. The van der Waals surface area contributed by atoms with Gasteiger partial charge in [-0.3, -0.25) is 0 Å². The SMILES string of the molecule is Nc1nc(Cl)nc2c1ncn2CCCCOC(=O)NCCc1ccc2c(c1)OCO2. The van der Waals surface area contributed by atoms with Crippen molar-refractivity contribution < 1.29 is 19.0 Å². The first-order chi connectivity index (χ1) is 14.6. The van der Waals surface area contributed by atoms with Crippen molar-refractivity contribution in [3.63, 3.8) is 0 Å². The van der Waals surface area contributed by atoms with E-state index >= 15 is 0 Å². The lowest BCUT2D eigenvalue weighted by molar-refractivity contribution is 0.144. The number of fused-ring (bicyclic) bond motifs is 2. The van der Waals surface area contributed by atoms with Crippen LogP contribution in [0.1, 0.15) is 18.4 Å². The first kappa shape index (κ1) is 20.0. The number of carbonyl (C=O) groups is 1. The molecular weight excluding hydrogens is 412 g/mol. The molecule has 0 radical (unpaired) electrons. The number of benzene rings is 1. The molecule has 3 N–H and O–H groups in total. The molecule has 0 saturated heterocycles. The normalized spacial score (nSPS) is 12.3. The van der Waals surface area contributed by atoms with Crippen molar-refractivity contribution in [3.8, 4) is 11.5 Å². The van der Waals surface area contributed by atoms with Gasteiger partial charge < -0.3 is 29.8 Å². The summed E-state index contributed by atoms with van der Waals surface area (Å²) in [5, 5.41) is 2.83. The molecule has 0 saturated carbocycles. The summed E-state index contributed by atoms with van der Waals surface area (Å²) in [6.45, 7) is 1.69. The van der Waals surface area contributed by atoms with Crippen molar-refractivity contribution in [2.45, 2.75) is 25.8 Å². The summed E-state index contributed by atoms with van der Waals surface area (Å²) >= 11 is 5.86. The second kappa shape index (κ2) is 9.04. The molecule has 1 amide bonds. The molecule has 2 aromatic heterocycles. The Bertz CT molecular complexity index is 1060. The van der Waals surface area contributed by atoms with E-state index in [0.29, 0.717) is 43.7 Å². The highest BCUT2D eigenvalue weighted by Crippen LogP contribution is 2.32. The summed E-state index contributed by atoms with van der Waals surface area (Å²) in [5.41, 5.74) is 7.96. The average molecular weight is 433 g/mol. The van der Waals surface area contributed by atoms with Crippen LogP contribution in [0, 0.1) is 0 Å². The summed E-state index contributed by atoms with van der Waals surface area (Å²) in [4.78, 5) is 24.1. The quantitative estimate of drug-likeness (QED) is 0.410. The summed E-state index contributed by atoms with van der Waals surface area (Å²) in [6.07, 6.45) is 3.36. The fraction of sp³-hybridized carbons (Fsp3) is 0.368. The number of amides is 1. The van der Waals surface area contributed by atoms with Crippen molar-refractivity contribution in [2.24, 2.45) is 0 Å². The molecule has 1 aromatic carbocycles. The van der Waals surface area contributed by atoms with Crippen LogP contribution in [0.25, 0.3) is 11.2 Å². The first-order valence-corrected chi connectivity index (χ1v) is 9.91. The maximum atomic E-state index is 11.8. The number of aromatic nitrogens is 4. The highest BCUT2D eigenvalue weighted by atomic mass is 35.5. The molecule has 4 rings (SSSR count). The number of nitrogens with zero attached hydrogens (tertiary/aromatic N) is 4. The minimum absolute atomic E-state index is 0.0857. The number of hydrogen-bond donors (Lipinski definition) is 2. The molecule has 0 bridgehead atoms. The number of imidazole rings is 1. The van der Waals surface area contributed by atoms with Gasteiger partial charge in [0.15, 0.2) is 23.0 Å². The van der Waals surface area contributed by atoms with Crippen molar-refractivity contribution in [1.82, 2.24) is 24.8 Å². The minimum atomic E-state index is -0.434. The Hall–Kier alpha value is -3.27. The van der Waals surface area contributed by atoms with Gasteiger partial charge in [-0.15, -0.1) is 0 Å². The molecule has 0 unspecified atom stereocenters. The van der Waals surface area contributed by atoms with Crippen LogP contribution in [0.15, 0.2) is 24.5 Å². The molecule has 0 spiro atoms. The molecule has 1 aliphatic heterocycles. The van der Waals surface area contributed by atoms with Gasteiger partial charge in [0.25, 0.3) is 0 Å². The number of anilines is 1. The highest BCUT2D eigenvalue weighted by molar-refractivity contribution is 6.28. The fourth-order valence-electron chi connectivity index (χ4n) is 3.11. The zero-order valence-corrected chi connectivity index (χ0v) is 16.9. The van der Waals surface area contributed by atoms with E-state index in [1.165, 1.54) is 0 Å². The van der Waals surface area contributed by atoms with E-state index in [1.807, 2.05) is 22.8 Å². The van der Waals surface area contributed by atoms with Crippen molar-refractivity contribution in [2.75, 3.05) is 25.7 Å². The molecule has 10 nitrogen and oxygen atoms in total. The number of halogens is 1. The van der Waals surface area contributed by atoms with Crippen molar-refractivity contribution in [3.05, 3.63) is 35.4 Å². The standard InChI is InChI=1S/C19H21ClN6O4/c20-18-24-16(21)15-17(25-18)26(10-23-15)7-1-2-8-28-19(27)22-6-5-12-3-4-13-14(9-12)30-11-29-13/h3-4,9-10H,1-2,5-8,11H2,(H,22,27)(H2,21,24,25). The van der Waals surface area contributed by atoms with Crippen LogP contribution in [-0.4, -0.2) is 45.6 Å². The van der Waals surface area contributed by atoms with Gasteiger partial charge in [-0.2, -0.15) is 9.97 Å². The van der Waals surface area contributed by atoms with E-state index in [1.54, 1.807) is 6.33 Å². The maximum Gasteiger partial charge on any atom is 0.407 e. The smallest absolute Gasteiger partial charge is 0.407 e. The van der Waals surface area contributed by atoms with E-state index in [2.05, 4.69) is 20.3 Å². The van der Waals surface area contributed by atoms with Gasteiger partial charge >= 0.3 is 6.09 Å². The number of rotatable bonds is 8. The number of nitrogen functional groups attached to an aromatic ring is 1. The first-order valence-electron chi connectivity index (χ1n) is 9.53. The third-order valence-electron chi connectivity index (χ3n) is 4.61. The molecular formula is C19H21ClN6O4. The molecule has 0 atom stereocenters. The van der Waals surface area contributed by atoms with Crippen LogP contribution in [0.2, 0.25) is 5.28 Å². The van der Waals surface area contributed by atoms with E-state index in [-0.39, 0.29) is 17.9 Å². The number of nitrogens with one attached hydrogen (secondary N) is 1. The highest BCUT2D eigenvalue weighted by Gasteiger charge is 2.13. The van der Waals surface area contributed by atoms with Crippen LogP contribution < -0.4 is 20.5 Å². The van der Waals surface area contributed by atoms with Crippen LogP contribution in [0.5, 0.6) is 11.5 Å². The number of aryl methyl sites for hydroxylation is 1. The molecule has 3 heterocycles. The lowest BCUT2D eigenvalue weighted by Gasteiger charge is -2.08. The number of alkyl carbamates (subject to hydrolysis) is 1. The molecule has 3 aromatic rings. The van der Waals surface area contributed by atoms with Crippen LogP contribution in [-0.2, 0) is 17.7 Å². The summed E-state index contributed by atoms with van der Waals surface area (Å²) in [6, 6.07) is 5.74. The summed E-state index contributed by atoms with van der Waals surface area (Å²) < 4.78 is 17.7. The van der Waals surface area contributed by atoms with Gasteiger partial charge in [-0.05, 0) is 48.6 Å². The predicted molar refractivity (Wildman–Crippen MR) is 110 cm³/mol. The Morgan fingerprint density at radius 2 is 2.13 bits per heavy atom. The van der Waals surface area contributed by atoms with Gasteiger partial charge in [0.2, 0.25) is 12.1 Å². The maximum absolute atomic E-state index is 11.8. The van der Waals surface area contributed by atoms with Crippen LogP contribution in [0.4, 0.5) is 10.6 Å². The Balaban J connectivity index is 1.13. The van der Waals surface area contributed by atoms with Crippen LogP contribution in [0.3, 0.4) is 0 Å². The molecule has 30 heavy (non-hydrogen) atoms. The Kier molecular flexibility index (Phi) is 6.03. The Morgan fingerprint density at radius 1 is 1.27 bits per heavy atom. The second-order valence-corrected chi connectivity index (χ2v) is 7.03. The predicted octanol–water partition coefficient (Wildman–Crippen LogP) is 2.54. The minimum Gasteiger partial charge on any atom is -0.454 e. The van der Waals surface area contributed by atoms with Crippen molar-refractivity contribution >= 4 is 34.7 Å². The van der Waals surface area contributed by atoms with Gasteiger partial charge in [0.1, 0.15) is 5.52 Å². The van der Waals surface area contributed by atoms with Crippen LogP contribution >= 0.6 is 11.6 Å². The van der Waals surface area contributed by atoms with E-state index in [9.17, 15) is 4.79 Å². The number of carbonyl (C=O) groups excluding carboxylic acids is 1. The molecule has 158 valence electrons. The van der Waals surface area contributed by atoms with Gasteiger partial charge in [-0.1, -0.05) is 6.07 Å². The molecule has 0 aliphatic carbocycles. The summed E-state index contributed by atoms with van der Waals surface area (Å²) in [5.74, 6) is 1.73. The van der Waals surface area contributed by atoms with Crippen molar-refractivity contribution in [1.29, 1.82) is 0 Å². The third kappa shape index (κ3) is 4.65. The fourth-order valence-corrected chi connectivity index (χ4v) is 3.28. The van der Waals surface area contributed by atoms with Gasteiger partial charge in [0.05, 0.1) is 12.9 Å². The largest absolute Gasteiger partial charge is 0.454 e. The number of nitrogens with two attached hydrogens (primary N) is 1. The number of ether oxygens (including phenoxy) is 3. The Morgan fingerprint density at radius 3 is 3.03 bits per heavy atom. The Labute approximate surface area is 177 Å². The van der Waals surface area contributed by atoms with E-state index in [4.69, 9.17) is 31.5 Å². The van der Waals surface area contributed by atoms with E-state index < -0.39 is 6.09 Å². The van der Waals surface area contributed by atoms with E-state index in [0.717, 1.165) is 23.5 Å². The molecule has 0 fully saturated rings. The number of hydrogen-bond acceptors (Lipinski definition) is 8. The average Bonchev–Trinajstić information content (AvgIpc) is 3.34. The lowest BCUT2D eigenvalue weighted by Crippen LogP contribution is -2.26. The zero-order valence-electron chi connectivity index (χ0n) is 16.1. The topological polar surface area (TPSA) is 126 Å². The van der Waals surface area contributed by atoms with Gasteiger partial charge in [-0.25, -0.2) is 9.78 Å². The second-order valence-electron chi connectivity index (χ2n) is 6.70. The monoisotopic (exact) mass is 432 g/mol. The summed E-state index contributed by atoms with van der Waals surface area (Å²) in [7, 11) is 0. The lowest BCUT2D eigenvalue weighted by atomic mass is 10.1. The van der Waals surface area contributed by atoms with Gasteiger partial charge in [0, 0.05) is 13.1 Å².